The molecule has 2 heterocycles. The molecule has 1 amide bonds. The van der Waals surface area contributed by atoms with E-state index in [1.165, 1.54) is 0 Å². The number of nitrogens with two attached hydrogens (primary N) is 1. The van der Waals surface area contributed by atoms with E-state index in [9.17, 15) is 4.79 Å². The molecule has 3 N–H and O–H groups in total. The number of hydrazine groups is 1. The maximum absolute atomic E-state index is 12.7. The molecule has 1 aliphatic heterocycles. The highest BCUT2D eigenvalue weighted by atomic mass is 16.5. The Hall–Kier alpha value is -1.66. The van der Waals surface area contributed by atoms with Gasteiger partial charge in [0.2, 0.25) is 0 Å². The van der Waals surface area contributed by atoms with Gasteiger partial charge in [-0.15, -0.1) is 0 Å². The molecule has 0 bridgehead atoms. The molecule has 6 nitrogen and oxygen atoms in total. The van der Waals surface area contributed by atoms with Crippen molar-refractivity contribution in [2.24, 2.45) is 5.84 Å². The number of hydrogen-bond donors (Lipinski definition) is 2. The summed E-state index contributed by atoms with van der Waals surface area (Å²) < 4.78 is 5.45. The Balaban J connectivity index is 2.32. The Labute approximate surface area is 119 Å². The van der Waals surface area contributed by atoms with Gasteiger partial charge in [0.25, 0.3) is 5.91 Å². The number of carbonyl (C=O) groups excluding carboxylic acids is 1. The first kappa shape index (κ1) is 14.7. The molecule has 2 rings (SSSR count). The van der Waals surface area contributed by atoms with Crippen LogP contribution < -0.4 is 11.3 Å². The fraction of sp³-hybridized carbons (Fsp3) is 0.571. The molecule has 0 aliphatic carbocycles. The molecular weight excluding hydrogens is 256 g/mol. The molecule has 0 radical (unpaired) electrons. The molecule has 110 valence electrons. The third kappa shape index (κ3) is 2.91. The van der Waals surface area contributed by atoms with Crippen LogP contribution >= 0.6 is 0 Å². The van der Waals surface area contributed by atoms with Crippen LogP contribution in [-0.4, -0.2) is 41.1 Å². The Morgan fingerprint density at radius 2 is 2.30 bits per heavy atom. The smallest absolute Gasteiger partial charge is 0.254 e. The second-order valence-electron chi connectivity index (χ2n) is 5.55. The van der Waals surface area contributed by atoms with Crippen molar-refractivity contribution in [3.05, 3.63) is 23.4 Å². The molecule has 20 heavy (non-hydrogen) atoms. The Morgan fingerprint density at radius 3 is 2.90 bits per heavy atom. The topological polar surface area (TPSA) is 80.5 Å². The summed E-state index contributed by atoms with van der Waals surface area (Å²) in [6.45, 7) is 7.73. The lowest BCUT2D eigenvalue weighted by molar-refractivity contribution is -0.0370. The molecule has 0 atom stereocenters. The zero-order chi connectivity index (χ0) is 14.8. The highest BCUT2D eigenvalue weighted by Gasteiger charge is 2.34. The molecule has 1 fully saturated rings. The van der Waals surface area contributed by atoms with Crippen molar-refractivity contribution in [1.82, 2.24) is 9.88 Å². The number of aryl methyl sites for hydroxylation is 1. The Bertz CT molecular complexity index is 480. The Kier molecular flexibility index (Phi) is 4.25. The van der Waals surface area contributed by atoms with Gasteiger partial charge in [0.15, 0.2) is 0 Å². The van der Waals surface area contributed by atoms with Crippen molar-refractivity contribution < 1.29 is 9.53 Å². The summed E-state index contributed by atoms with van der Waals surface area (Å²) in [6.07, 6.45) is 0.752. The largest absolute Gasteiger partial charge is 0.377 e. The van der Waals surface area contributed by atoms with Crippen LogP contribution in [0.5, 0.6) is 0 Å². The molecule has 0 unspecified atom stereocenters. The summed E-state index contributed by atoms with van der Waals surface area (Å²) in [5, 5.41) is 0. The van der Waals surface area contributed by atoms with Gasteiger partial charge >= 0.3 is 0 Å². The molecule has 0 saturated carbocycles. The minimum absolute atomic E-state index is 0.00750. The third-order valence-electron chi connectivity index (χ3n) is 3.53. The number of amides is 1. The van der Waals surface area contributed by atoms with Gasteiger partial charge < -0.3 is 15.1 Å². The molecule has 6 heteroatoms. The second-order valence-corrected chi connectivity index (χ2v) is 5.55. The van der Waals surface area contributed by atoms with Crippen LogP contribution in [0, 0.1) is 0 Å². The Morgan fingerprint density at radius 1 is 1.55 bits per heavy atom. The minimum atomic E-state index is -0.304. The van der Waals surface area contributed by atoms with E-state index in [4.69, 9.17) is 10.6 Å². The van der Waals surface area contributed by atoms with Crippen LogP contribution in [0.4, 0.5) is 5.82 Å². The van der Waals surface area contributed by atoms with Crippen molar-refractivity contribution in [1.29, 1.82) is 0 Å². The lowest BCUT2D eigenvalue weighted by Crippen LogP contribution is -2.55. The van der Waals surface area contributed by atoms with Gasteiger partial charge in [0, 0.05) is 17.8 Å². The molecule has 1 aromatic heterocycles. The first-order chi connectivity index (χ1) is 9.47. The summed E-state index contributed by atoms with van der Waals surface area (Å²) in [5.74, 6) is 5.92. The van der Waals surface area contributed by atoms with E-state index in [0.717, 1.165) is 12.1 Å². The van der Waals surface area contributed by atoms with E-state index >= 15 is 0 Å². The second kappa shape index (κ2) is 5.76. The summed E-state index contributed by atoms with van der Waals surface area (Å²) in [6, 6.07) is 3.52. The monoisotopic (exact) mass is 278 g/mol. The maximum Gasteiger partial charge on any atom is 0.254 e. The van der Waals surface area contributed by atoms with E-state index < -0.39 is 0 Å². The number of aromatic nitrogens is 1. The van der Waals surface area contributed by atoms with Crippen LogP contribution in [0.25, 0.3) is 0 Å². The van der Waals surface area contributed by atoms with Gasteiger partial charge in [-0.05, 0) is 32.4 Å². The standard InChI is InChI=1S/C14H22N4O2/c1-4-11-7-10(8-12(16-11)17-15)13(19)18-5-6-20-9-14(18,2)3/h7-8H,4-6,9,15H2,1-3H3,(H,16,17). The summed E-state index contributed by atoms with van der Waals surface area (Å²) in [4.78, 5) is 18.9. The molecule has 1 aromatic rings. The lowest BCUT2D eigenvalue weighted by Gasteiger charge is -2.42. The number of morpholine rings is 1. The quantitative estimate of drug-likeness (QED) is 0.641. The van der Waals surface area contributed by atoms with Crippen LogP contribution in [0.1, 0.15) is 36.8 Å². The predicted octanol–water partition coefficient (Wildman–Crippen LogP) is 1.18. The number of nitrogens with one attached hydrogen (secondary N) is 1. The average Bonchev–Trinajstić information content (AvgIpc) is 2.45. The van der Waals surface area contributed by atoms with Crippen LogP contribution in [0.3, 0.4) is 0 Å². The summed E-state index contributed by atoms with van der Waals surface area (Å²) >= 11 is 0. The van der Waals surface area contributed by atoms with Gasteiger partial charge in [-0.25, -0.2) is 10.8 Å². The first-order valence-electron chi connectivity index (χ1n) is 6.85. The van der Waals surface area contributed by atoms with Crippen molar-refractivity contribution >= 4 is 11.7 Å². The van der Waals surface area contributed by atoms with Gasteiger partial charge in [0.05, 0.1) is 18.8 Å². The normalized spacial score (nSPS) is 17.9. The number of rotatable bonds is 3. The number of ether oxygens (including phenoxy) is 1. The van der Waals surface area contributed by atoms with E-state index in [1.54, 1.807) is 6.07 Å². The number of nitrogen functional groups attached to an aromatic ring is 1. The van der Waals surface area contributed by atoms with Crippen LogP contribution in [-0.2, 0) is 11.2 Å². The van der Waals surface area contributed by atoms with E-state index in [0.29, 0.717) is 31.1 Å². The van der Waals surface area contributed by atoms with Gasteiger partial charge in [0.1, 0.15) is 5.82 Å². The van der Waals surface area contributed by atoms with Gasteiger partial charge in [-0.3, -0.25) is 4.79 Å². The van der Waals surface area contributed by atoms with Crippen molar-refractivity contribution in [2.75, 3.05) is 25.2 Å². The van der Waals surface area contributed by atoms with Crippen molar-refractivity contribution in [3.8, 4) is 0 Å². The zero-order valence-corrected chi connectivity index (χ0v) is 12.3. The number of pyridine rings is 1. The highest BCUT2D eigenvalue weighted by Crippen LogP contribution is 2.22. The maximum atomic E-state index is 12.7. The van der Waals surface area contributed by atoms with Crippen LogP contribution in [0.15, 0.2) is 12.1 Å². The molecule has 0 spiro atoms. The first-order valence-corrected chi connectivity index (χ1v) is 6.85. The lowest BCUT2D eigenvalue weighted by atomic mass is 10.0. The van der Waals surface area contributed by atoms with Crippen molar-refractivity contribution in [3.63, 3.8) is 0 Å². The fourth-order valence-electron chi connectivity index (χ4n) is 2.36. The van der Waals surface area contributed by atoms with Crippen molar-refractivity contribution in [2.45, 2.75) is 32.7 Å². The van der Waals surface area contributed by atoms with Gasteiger partial charge in [-0.1, -0.05) is 6.92 Å². The van der Waals surface area contributed by atoms with E-state index in [2.05, 4.69) is 10.4 Å². The van der Waals surface area contributed by atoms with E-state index in [-0.39, 0.29) is 11.4 Å². The fourth-order valence-corrected chi connectivity index (χ4v) is 2.36. The minimum Gasteiger partial charge on any atom is -0.377 e. The SMILES string of the molecule is CCc1cc(C(=O)N2CCOCC2(C)C)cc(NN)n1. The summed E-state index contributed by atoms with van der Waals surface area (Å²) in [7, 11) is 0. The van der Waals surface area contributed by atoms with Crippen LogP contribution in [0.2, 0.25) is 0 Å². The predicted molar refractivity (Wildman–Crippen MR) is 77.4 cm³/mol. The third-order valence-corrected chi connectivity index (χ3v) is 3.53. The number of nitrogens with zero attached hydrogens (tertiary/aromatic N) is 2. The van der Waals surface area contributed by atoms with E-state index in [1.807, 2.05) is 31.7 Å². The molecule has 1 saturated heterocycles. The number of hydrogen-bond acceptors (Lipinski definition) is 5. The molecule has 1 aliphatic rings. The molecular formula is C14H22N4O2. The average molecular weight is 278 g/mol. The highest BCUT2D eigenvalue weighted by molar-refractivity contribution is 5.95. The zero-order valence-electron chi connectivity index (χ0n) is 12.3. The summed E-state index contributed by atoms with van der Waals surface area (Å²) in [5.41, 5.74) is 3.66. The number of anilines is 1. The molecule has 0 aromatic carbocycles. The van der Waals surface area contributed by atoms with Gasteiger partial charge in [-0.2, -0.15) is 0 Å². The number of carbonyl (C=O) groups is 1.